The molecule has 0 N–H and O–H groups in total. The van der Waals surface area contributed by atoms with Gasteiger partial charge in [0.1, 0.15) is 19.3 Å². The van der Waals surface area contributed by atoms with E-state index in [2.05, 4.69) is 45.1 Å². The molecule has 0 fully saturated rings. The van der Waals surface area contributed by atoms with E-state index in [4.69, 9.17) is 14.2 Å². The van der Waals surface area contributed by atoms with Crippen molar-refractivity contribution in [1.82, 2.24) is 0 Å². The Bertz CT molecular complexity index is 1040. The van der Waals surface area contributed by atoms with Gasteiger partial charge in [0.05, 0.1) is 0 Å². The minimum atomic E-state index is -0.398. The molecule has 0 rings (SSSR count). The quantitative estimate of drug-likeness (QED) is 0.0345. The predicted molar refractivity (Wildman–Crippen MR) is 298 cm³/mol. The van der Waals surface area contributed by atoms with Crippen LogP contribution >= 0.6 is 0 Å². The summed E-state index contributed by atoms with van der Waals surface area (Å²) in [6.07, 6.45) is 72.3. The summed E-state index contributed by atoms with van der Waals surface area (Å²) in [5.74, 6) is -0.323. The van der Waals surface area contributed by atoms with Crippen molar-refractivity contribution in [3.05, 3.63) is 24.3 Å². The molecule has 0 aliphatic heterocycles. The van der Waals surface area contributed by atoms with Gasteiger partial charge in [-0.25, -0.2) is 0 Å². The highest BCUT2D eigenvalue weighted by Crippen LogP contribution is 2.17. The Labute approximate surface area is 426 Å². The Balaban J connectivity index is 4.19. The van der Waals surface area contributed by atoms with Crippen LogP contribution < -0.4 is 0 Å². The number of ether oxygens (including phenoxy) is 3. The molecule has 0 amide bonds. The number of esters is 2. The second-order valence-corrected chi connectivity index (χ2v) is 21.0. The van der Waals surface area contributed by atoms with Gasteiger partial charge in [-0.3, -0.25) is 9.59 Å². The van der Waals surface area contributed by atoms with E-state index in [1.807, 2.05) is 0 Å². The van der Waals surface area contributed by atoms with Crippen LogP contribution in [0, 0.1) is 0 Å². The molecule has 0 heterocycles. The lowest BCUT2D eigenvalue weighted by Gasteiger charge is -2.18. The van der Waals surface area contributed by atoms with Gasteiger partial charge >= 0.3 is 11.9 Å². The Kier molecular flexibility index (Phi) is 58.3. The van der Waals surface area contributed by atoms with Crippen LogP contribution in [0.3, 0.4) is 0 Å². The van der Waals surface area contributed by atoms with Crippen molar-refractivity contribution in [2.24, 2.45) is 0 Å². The van der Waals surface area contributed by atoms with Crippen molar-refractivity contribution in [2.75, 3.05) is 19.8 Å². The average Bonchev–Trinajstić information content (AvgIpc) is 3.34. The molecule has 0 saturated heterocycles. The molecule has 0 aromatic rings. The minimum absolute atomic E-state index is 0.158. The fourth-order valence-electron chi connectivity index (χ4n) is 9.30. The lowest BCUT2D eigenvalue weighted by Crippen LogP contribution is -2.29. The van der Waals surface area contributed by atoms with Crippen LogP contribution in [0.1, 0.15) is 342 Å². The number of unbranched alkanes of at least 4 members (excludes halogenated alkanes) is 43. The lowest BCUT2D eigenvalue weighted by molar-refractivity contribution is -0.155. The number of rotatable bonds is 58. The van der Waals surface area contributed by atoms with Gasteiger partial charge in [-0.1, -0.05) is 283 Å². The van der Waals surface area contributed by atoms with E-state index in [9.17, 15) is 9.59 Å². The molecule has 0 aromatic carbocycles. The summed E-state index contributed by atoms with van der Waals surface area (Å²) in [6.45, 7) is 7.79. The summed E-state index contributed by atoms with van der Waals surface area (Å²) in [6, 6.07) is 0. The van der Waals surface area contributed by atoms with Gasteiger partial charge in [0.2, 0.25) is 0 Å². The molecule has 0 bridgehead atoms. The third-order valence-corrected chi connectivity index (χ3v) is 14.0. The van der Waals surface area contributed by atoms with E-state index >= 15 is 0 Å². The molecular weight excluding hydrogens is 837 g/mol. The molecule has 0 unspecified atom stereocenters. The van der Waals surface area contributed by atoms with E-state index < -0.39 is 6.10 Å². The van der Waals surface area contributed by atoms with E-state index in [0.717, 1.165) is 44.9 Å². The predicted octanol–water partition coefficient (Wildman–Crippen LogP) is 21.1. The second-order valence-electron chi connectivity index (χ2n) is 21.0. The first kappa shape index (κ1) is 66.4. The maximum atomic E-state index is 12.7. The molecule has 0 saturated carbocycles. The number of hydrogen-bond acceptors (Lipinski definition) is 5. The monoisotopic (exact) mass is 957 g/mol. The second kappa shape index (κ2) is 59.7. The summed E-state index contributed by atoms with van der Waals surface area (Å²) in [5, 5.41) is 0. The molecule has 5 nitrogen and oxygen atoms in total. The molecule has 0 aliphatic carbocycles. The fourth-order valence-corrected chi connectivity index (χ4v) is 9.30. The van der Waals surface area contributed by atoms with Crippen molar-refractivity contribution in [1.29, 1.82) is 0 Å². The van der Waals surface area contributed by atoms with Gasteiger partial charge in [-0.05, 0) is 70.6 Å². The van der Waals surface area contributed by atoms with Gasteiger partial charge < -0.3 is 14.2 Å². The molecule has 0 spiro atoms. The topological polar surface area (TPSA) is 61.8 Å². The Morgan fingerprint density at radius 2 is 0.515 bits per heavy atom. The molecule has 0 aliphatic rings. The van der Waals surface area contributed by atoms with Crippen LogP contribution in [0.5, 0.6) is 0 Å². The summed E-state index contributed by atoms with van der Waals surface area (Å²) in [7, 11) is 0. The molecule has 1 atom stereocenters. The maximum absolute atomic E-state index is 12.7. The number of hydrogen-bond donors (Lipinski definition) is 0. The molecule has 5 heteroatoms. The lowest BCUT2D eigenvalue weighted by atomic mass is 10.0. The normalized spacial score (nSPS) is 12.2. The van der Waals surface area contributed by atoms with Gasteiger partial charge in [0.15, 0.2) is 0 Å². The molecular formula is C63H120O5. The zero-order valence-electron chi connectivity index (χ0n) is 46.4. The van der Waals surface area contributed by atoms with Crippen LogP contribution in [-0.2, 0) is 23.8 Å². The highest BCUT2D eigenvalue weighted by Gasteiger charge is 2.16. The van der Waals surface area contributed by atoms with Crippen LogP contribution in [0.25, 0.3) is 0 Å². The number of carbonyl (C=O) groups excluding carboxylic acids is 2. The average molecular weight is 958 g/mol. The summed E-state index contributed by atoms with van der Waals surface area (Å²) in [4.78, 5) is 25.4. The Morgan fingerprint density at radius 1 is 0.294 bits per heavy atom. The summed E-state index contributed by atoms with van der Waals surface area (Å²) >= 11 is 0. The van der Waals surface area contributed by atoms with E-state index in [-0.39, 0.29) is 25.2 Å². The van der Waals surface area contributed by atoms with Crippen LogP contribution in [0.2, 0.25) is 0 Å². The van der Waals surface area contributed by atoms with E-state index in [1.165, 1.54) is 263 Å². The number of carbonyl (C=O) groups is 2. The first-order valence-electron chi connectivity index (χ1n) is 30.9. The highest BCUT2D eigenvalue weighted by atomic mass is 16.6. The van der Waals surface area contributed by atoms with Gasteiger partial charge in [-0.15, -0.1) is 0 Å². The Morgan fingerprint density at radius 3 is 0.779 bits per heavy atom. The van der Waals surface area contributed by atoms with E-state index in [1.54, 1.807) is 0 Å². The van der Waals surface area contributed by atoms with Crippen LogP contribution in [-0.4, -0.2) is 37.9 Å². The van der Waals surface area contributed by atoms with E-state index in [0.29, 0.717) is 19.4 Å². The minimum Gasteiger partial charge on any atom is -0.463 e. The Hall–Kier alpha value is -1.62. The number of allylic oxidation sites excluding steroid dienone is 4. The molecule has 0 aromatic heterocycles. The molecule has 68 heavy (non-hydrogen) atoms. The van der Waals surface area contributed by atoms with Gasteiger partial charge in [0, 0.05) is 19.4 Å². The zero-order chi connectivity index (χ0) is 49.2. The van der Waals surface area contributed by atoms with Gasteiger partial charge in [0.25, 0.3) is 0 Å². The first-order chi connectivity index (χ1) is 33.6. The maximum Gasteiger partial charge on any atom is 0.305 e. The van der Waals surface area contributed by atoms with Crippen LogP contribution in [0.4, 0.5) is 0 Å². The first-order valence-corrected chi connectivity index (χ1v) is 30.9. The summed E-state index contributed by atoms with van der Waals surface area (Å²) < 4.78 is 17.6. The van der Waals surface area contributed by atoms with Crippen molar-refractivity contribution >= 4 is 11.9 Å². The van der Waals surface area contributed by atoms with Crippen molar-refractivity contribution in [2.45, 2.75) is 348 Å². The van der Waals surface area contributed by atoms with Crippen LogP contribution in [0.15, 0.2) is 24.3 Å². The third kappa shape index (κ3) is 57.0. The standard InChI is InChI=1S/C63H120O5/c1-4-7-10-13-16-19-22-25-28-30-31-32-33-34-36-39-42-45-48-51-54-57-63(65)68-60-61(66-58-55-52-49-46-43-40-37-29-26-23-20-17-14-11-8-5-2)59-67-62(64)56-53-50-47-44-41-38-35-27-24-21-18-15-12-9-6-3/h25,27-28,35,61H,4-24,26,29-34,36-60H2,1-3H3/b28-25-,35-27-/t61-/m0/s1. The van der Waals surface area contributed by atoms with Crippen molar-refractivity contribution < 1.29 is 23.8 Å². The van der Waals surface area contributed by atoms with Crippen molar-refractivity contribution in [3.8, 4) is 0 Å². The highest BCUT2D eigenvalue weighted by molar-refractivity contribution is 5.69. The zero-order valence-corrected chi connectivity index (χ0v) is 46.4. The fraction of sp³-hybridized carbons (Fsp3) is 0.905. The smallest absolute Gasteiger partial charge is 0.305 e. The SMILES string of the molecule is CCCCCCCC/C=C\CCCCCCCCCCCCCC(=O)OC[C@H](COC(=O)CCCCCCC/C=C\CCCCCCCC)OCCCCCCCCCCCCCCCCCC. The molecule has 402 valence electrons. The third-order valence-electron chi connectivity index (χ3n) is 14.0. The molecule has 0 radical (unpaired) electrons. The van der Waals surface area contributed by atoms with Gasteiger partial charge in [-0.2, -0.15) is 0 Å². The van der Waals surface area contributed by atoms with Crippen molar-refractivity contribution in [3.63, 3.8) is 0 Å². The summed E-state index contributed by atoms with van der Waals surface area (Å²) in [5.41, 5.74) is 0. The largest absolute Gasteiger partial charge is 0.463 e.